The molecule has 1 saturated heterocycles. The number of hydrogen-bond donors (Lipinski definition) is 2. The highest BCUT2D eigenvalue weighted by Crippen LogP contribution is 2.56. The number of nitrogens with zero attached hydrogens (tertiary/aromatic N) is 1. The SMILES string of the molecule is CC[C@@H](C)[C@H](NC(=O)[C@H]1N2C(=O)c3ccccc3C2SC1(C)C)C(=O)NCc1cccc(OC)c1. The summed E-state index contributed by atoms with van der Waals surface area (Å²) in [6.45, 7) is 8.23. The quantitative estimate of drug-likeness (QED) is 0.580. The second-order valence-corrected chi connectivity index (χ2v) is 11.5. The van der Waals surface area contributed by atoms with Crippen molar-refractivity contribution in [3.05, 3.63) is 65.2 Å². The lowest BCUT2D eigenvalue weighted by Crippen LogP contribution is -2.58. The summed E-state index contributed by atoms with van der Waals surface area (Å²) in [5.74, 6) is -0.0371. The number of fused-ring (bicyclic) bond motifs is 3. The molecule has 1 unspecified atom stereocenters. The van der Waals surface area contributed by atoms with Gasteiger partial charge in [0.25, 0.3) is 5.91 Å². The molecule has 0 bridgehead atoms. The van der Waals surface area contributed by atoms with Gasteiger partial charge in [0.05, 0.1) is 7.11 Å². The Labute approximate surface area is 211 Å². The van der Waals surface area contributed by atoms with Crippen LogP contribution in [0.4, 0.5) is 0 Å². The van der Waals surface area contributed by atoms with Crippen molar-refractivity contribution in [3.8, 4) is 5.75 Å². The van der Waals surface area contributed by atoms with Crippen LogP contribution in [-0.2, 0) is 16.1 Å². The van der Waals surface area contributed by atoms with Crippen molar-refractivity contribution in [2.75, 3.05) is 7.11 Å². The summed E-state index contributed by atoms with van der Waals surface area (Å²) in [6, 6.07) is 13.6. The highest BCUT2D eigenvalue weighted by atomic mass is 32.2. The highest BCUT2D eigenvalue weighted by Gasteiger charge is 2.57. The van der Waals surface area contributed by atoms with Crippen LogP contribution in [0.2, 0.25) is 0 Å². The van der Waals surface area contributed by atoms with E-state index in [9.17, 15) is 14.4 Å². The smallest absolute Gasteiger partial charge is 0.256 e. The van der Waals surface area contributed by atoms with Crippen LogP contribution < -0.4 is 15.4 Å². The van der Waals surface area contributed by atoms with Crippen molar-refractivity contribution in [1.29, 1.82) is 0 Å². The molecular weight excluding hydrogens is 462 g/mol. The Morgan fingerprint density at radius 1 is 1.17 bits per heavy atom. The van der Waals surface area contributed by atoms with E-state index in [2.05, 4.69) is 10.6 Å². The van der Waals surface area contributed by atoms with Crippen LogP contribution in [0, 0.1) is 5.92 Å². The molecule has 0 aromatic heterocycles. The maximum atomic E-state index is 13.7. The zero-order chi connectivity index (χ0) is 25.3. The van der Waals surface area contributed by atoms with Gasteiger partial charge >= 0.3 is 0 Å². The zero-order valence-corrected chi connectivity index (χ0v) is 21.6. The molecule has 2 aromatic carbocycles. The molecule has 2 N–H and O–H groups in total. The second-order valence-electron chi connectivity index (χ2n) is 9.72. The fourth-order valence-corrected chi connectivity index (χ4v) is 6.41. The summed E-state index contributed by atoms with van der Waals surface area (Å²) >= 11 is 1.61. The fourth-order valence-electron chi connectivity index (χ4n) is 4.82. The number of carbonyl (C=O) groups is 3. The van der Waals surface area contributed by atoms with Crippen LogP contribution >= 0.6 is 11.8 Å². The van der Waals surface area contributed by atoms with Crippen LogP contribution in [-0.4, -0.2) is 46.6 Å². The molecule has 0 radical (unpaired) electrons. The number of nitrogens with one attached hydrogen (secondary N) is 2. The van der Waals surface area contributed by atoms with Crippen molar-refractivity contribution in [2.24, 2.45) is 5.92 Å². The molecule has 0 spiro atoms. The largest absolute Gasteiger partial charge is 0.497 e. The Balaban J connectivity index is 1.51. The maximum Gasteiger partial charge on any atom is 0.256 e. The maximum absolute atomic E-state index is 13.7. The van der Waals surface area contributed by atoms with E-state index in [4.69, 9.17) is 4.74 Å². The van der Waals surface area contributed by atoms with Crippen LogP contribution in [0.1, 0.15) is 61.0 Å². The summed E-state index contributed by atoms with van der Waals surface area (Å²) in [5, 5.41) is 5.76. The van der Waals surface area contributed by atoms with Crippen LogP contribution in [0.15, 0.2) is 48.5 Å². The second kappa shape index (κ2) is 9.93. The summed E-state index contributed by atoms with van der Waals surface area (Å²) in [4.78, 5) is 41.8. The van der Waals surface area contributed by atoms with E-state index in [0.29, 0.717) is 12.1 Å². The van der Waals surface area contributed by atoms with Crippen LogP contribution in [0.3, 0.4) is 0 Å². The first-order chi connectivity index (χ1) is 16.7. The van der Waals surface area contributed by atoms with Crippen molar-refractivity contribution < 1.29 is 19.1 Å². The van der Waals surface area contributed by atoms with Gasteiger partial charge in [-0.05, 0) is 49.1 Å². The molecule has 2 aliphatic rings. The predicted octanol–water partition coefficient (Wildman–Crippen LogP) is 3.89. The summed E-state index contributed by atoms with van der Waals surface area (Å²) in [6.07, 6.45) is 0.719. The van der Waals surface area contributed by atoms with Gasteiger partial charge in [-0.2, -0.15) is 0 Å². The first-order valence-electron chi connectivity index (χ1n) is 12.0. The predicted molar refractivity (Wildman–Crippen MR) is 137 cm³/mol. The van der Waals surface area contributed by atoms with Crippen molar-refractivity contribution >= 4 is 29.5 Å². The molecule has 2 aromatic rings. The molecule has 2 aliphatic heterocycles. The van der Waals surface area contributed by atoms with Crippen LogP contribution in [0.5, 0.6) is 5.75 Å². The molecule has 1 fully saturated rings. The molecular formula is C27H33N3O4S. The standard InChI is InChI=1S/C27H33N3O4S/c1-6-16(2)21(23(31)28-15-17-10-9-11-18(14-17)34-5)29-24(32)22-27(3,4)35-26-20-13-8-7-12-19(20)25(33)30(22)26/h7-14,16,21-22,26H,6,15H2,1-5H3,(H,28,31)(H,29,32)/t16-,21+,22-,26?/m1/s1. The van der Waals surface area contributed by atoms with Gasteiger partial charge in [0.1, 0.15) is 23.2 Å². The molecule has 8 heteroatoms. The zero-order valence-electron chi connectivity index (χ0n) is 20.8. The Morgan fingerprint density at radius 2 is 1.91 bits per heavy atom. The first kappa shape index (κ1) is 25.1. The molecule has 186 valence electrons. The Morgan fingerprint density at radius 3 is 2.63 bits per heavy atom. The molecule has 3 amide bonds. The monoisotopic (exact) mass is 495 g/mol. The third kappa shape index (κ3) is 4.76. The summed E-state index contributed by atoms with van der Waals surface area (Å²) < 4.78 is 4.75. The average molecular weight is 496 g/mol. The molecule has 2 heterocycles. The average Bonchev–Trinajstić information content (AvgIpc) is 3.29. The molecule has 4 atom stereocenters. The van der Waals surface area contributed by atoms with Crippen molar-refractivity contribution in [3.63, 3.8) is 0 Å². The minimum atomic E-state index is -0.710. The van der Waals surface area contributed by atoms with Crippen LogP contribution in [0.25, 0.3) is 0 Å². The molecule has 0 aliphatic carbocycles. The van der Waals surface area contributed by atoms with E-state index in [1.807, 2.05) is 76.2 Å². The van der Waals surface area contributed by atoms with E-state index >= 15 is 0 Å². The number of ether oxygens (including phenoxy) is 1. The van der Waals surface area contributed by atoms with Gasteiger partial charge in [-0.15, -0.1) is 11.8 Å². The lowest BCUT2D eigenvalue weighted by molar-refractivity contribution is -0.133. The van der Waals surface area contributed by atoms with Gasteiger partial charge in [-0.25, -0.2) is 0 Å². The van der Waals surface area contributed by atoms with E-state index < -0.39 is 16.8 Å². The number of thioether (sulfide) groups is 1. The number of carbonyl (C=O) groups excluding carboxylic acids is 3. The molecule has 7 nitrogen and oxygen atoms in total. The number of rotatable bonds is 8. The van der Waals surface area contributed by atoms with Crippen molar-refractivity contribution in [1.82, 2.24) is 15.5 Å². The summed E-state index contributed by atoms with van der Waals surface area (Å²) in [5.41, 5.74) is 2.50. The van der Waals surface area contributed by atoms with E-state index in [1.165, 1.54) is 0 Å². The Hall–Kier alpha value is -3.00. The molecule has 4 rings (SSSR count). The van der Waals surface area contributed by atoms with Gasteiger partial charge in [-0.3, -0.25) is 14.4 Å². The first-order valence-corrected chi connectivity index (χ1v) is 12.9. The molecule has 0 saturated carbocycles. The van der Waals surface area contributed by atoms with Crippen molar-refractivity contribution in [2.45, 2.75) is 62.9 Å². The van der Waals surface area contributed by atoms with Gasteiger partial charge in [0, 0.05) is 16.9 Å². The lowest BCUT2D eigenvalue weighted by Gasteiger charge is -2.32. The number of methoxy groups -OCH3 is 1. The third-order valence-corrected chi connectivity index (χ3v) is 8.47. The highest BCUT2D eigenvalue weighted by molar-refractivity contribution is 8.01. The van der Waals surface area contributed by atoms with Gasteiger partial charge in [-0.1, -0.05) is 50.6 Å². The third-order valence-electron chi connectivity index (χ3n) is 6.94. The number of hydrogen-bond acceptors (Lipinski definition) is 5. The van der Waals surface area contributed by atoms with Gasteiger partial charge in [0.15, 0.2) is 0 Å². The van der Waals surface area contributed by atoms with E-state index in [-0.39, 0.29) is 29.0 Å². The normalized spacial score (nSPS) is 21.6. The van der Waals surface area contributed by atoms with E-state index in [1.54, 1.807) is 23.8 Å². The van der Waals surface area contributed by atoms with E-state index in [0.717, 1.165) is 23.3 Å². The topological polar surface area (TPSA) is 87.7 Å². The fraction of sp³-hybridized carbons (Fsp3) is 0.444. The Kier molecular flexibility index (Phi) is 7.12. The number of benzene rings is 2. The lowest BCUT2D eigenvalue weighted by atomic mass is 9.95. The minimum absolute atomic E-state index is 0.0799. The molecule has 35 heavy (non-hydrogen) atoms. The minimum Gasteiger partial charge on any atom is -0.497 e. The summed E-state index contributed by atoms with van der Waals surface area (Å²) in [7, 11) is 1.60. The number of amides is 3. The van der Waals surface area contributed by atoms with Gasteiger partial charge < -0.3 is 20.3 Å². The van der Waals surface area contributed by atoms with Gasteiger partial charge in [0.2, 0.25) is 11.8 Å². The Bertz CT molecular complexity index is 1130.